The molecule has 2 unspecified atom stereocenters. The summed E-state index contributed by atoms with van der Waals surface area (Å²) in [6.45, 7) is 7.92. The second-order valence-electron chi connectivity index (χ2n) is 2.34. The van der Waals surface area contributed by atoms with Crippen molar-refractivity contribution in [3.63, 3.8) is 0 Å². The van der Waals surface area contributed by atoms with Gasteiger partial charge < -0.3 is 0 Å². The Morgan fingerprint density at radius 2 is 2.20 bits per heavy atom. The molecule has 0 saturated carbocycles. The Bertz CT molecular complexity index is 129. The number of rotatable bonds is 4. The fourth-order valence-electron chi connectivity index (χ4n) is 0.562. The van der Waals surface area contributed by atoms with Gasteiger partial charge in [-0.1, -0.05) is 19.6 Å². The van der Waals surface area contributed by atoms with Crippen LogP contribution in [0.15, 0.2) is 25.1 Å². The van der Waals surface area contributed by atoms with E-state index >= 15 is 0 Å². The molecule has 0 radical (unpaired) electrons. The molecule has 0 aliphatic carbocycles. The van der Waals surface area contributed by atoms with Gasteiger partial charge in [-0.05, 0) is 6.42 Å². The summed E-state index contributed by atoms with van der Waals surface area (Å²) in [5.41, 5.74) is 0. The zero-order valence-corrected chi connectivity index (χ0v) is 6.11. The van der Waals surface area contributed by atoms with Crippen molar-refractivity contribution in [2.24, 2.45) is 5.92 Å². The number of hydrogen-bond donors (Lipinski definition) is 0. The van der Waals surface area contributed by atoms with Crippen molar-refractivity contribution in [1.82, 2.24) is 0 Å². The van der Waals surface area contributed by atoms with Crippen molar-refractivity contribution in [3.8, 4) is 0 Å². The Kier molecular flexibility index (Phi) is 3.93. The smallest absolute Gasteiger partial charge is 0.119 e. The topological polar surface area (TPSA) is 0 Å². The van der Waals surface area contributed by atoms with E-state index in [-0.39, 0.29) is 6.42 Å². The van der Waals surface area contributed by atoms with Crippen LogP contribution in [0.25, 0.3) is 0 Å². The third kappa shape index (κ3) is 3.38. The number of allylic oxidation sites excluding steroid dienone is 2. The molecule has 0 aromatic rings. The van der Waals surface area contributed by atoms with E-state index in [1.807, 2.05) is 0 Å². The van der Waals surface area contributed by atoms with Gasteiger partial charge in [-0.25, -0.2) is 8.78 Å². The SMILES string of the molecule is C=CC(F)CC(C)C(=C)F. The molecule has 2 heteroatoms. The van der Waals surface area contributed by atoms with E-state index in [0.717, 1.165) is 0 Å². The quantitative estimate of drug-likeness (QED) is 0.535. The lowest BCUT2D eigenvalue weighted by molar-refractivity contribution is 0.326. The summed E-state index contributed by atoms with van der Waals surface area (Å²) < 4.78 is 24.6. The predicted octanol–water partition coefficient (Wildman–Crippen LogP) is 3.02. The van der Waals surface area contributed by atoms with E-state index < -0.39 is 17.9 Å². The van der Waals surface area contributed by atoms with Crippen LogP contribution in [-0.4, -0.2) is 6.17 Å². The maximum atomic E-state index is 12.4. The Morgan fingerprint density at radius 3 is 2.50 bits per heavy atom. The molecule has 0 heterocycles. The first-order valence-corrected chi connectivity index (χ1v) is 3.18. The third-order valence-corrected chi connectivity index (χ3v) is 1.37. The molecule has 2 atom stereocenters. The lowest BCUT2D eigenvalue weighted by atomic mass is 10.0. The number of halogens is 2. The molecule has 0 N–H and O–H groups in total. The minimum absolute atomic E-state index is 0.138. The van der Waals surface area contributed by atoms with Gasteiger partial charge in [-0.3, -0.25) is 0 Å². The predicted molar refractivity (Wildman–Crippen MR) is 39.1 cm³/mol. The molecule has 0 nitrogen and oxygen atoms in total. The molecular formula is C8H12F2. The molecule has 0 aromatic carbocycles. The third-order valence-electron chi connectivity index (χ3n) is 1.37. The van der Waals surface area contributed by atoms with Crippen LogP contribution in [0, 0.1) is 5.92 Å². The van der Waals surface area contributed by atoms with Gasteiger partial charge in [0.15, 0.2) is 0 Å². The number of alkyl halides is 1. The van der Waals surface area contributed by atoms with Crippen LogP contribution >= 0.6 is 0 Å². The van der Waals surface area contributed by atoms with Gasteiger partial charge in [0.25, 0.3) is 0 Å². The van der Waals surface area contributed by atoms with Crippen molar-refractivity contribution in [2.75, 3.05) is 0 Å². The maximum Gasteiger partial charge on any atom is 0.119 e. The molecule has 0 rings (SSSR count). The first kappa shape index (κ1) is 9.34. The highest BCUT2D eigenvalue weighted by atomic mass is 19.1. The molecule has 10 heavy (non-hydrogen) atoms. The Morgan fingerprint density at radius 1 is 1.70 bits per heavy atom. The Labute approximate surface area is 60.2 Å². The van der Waals surface area contributed by atoms with Crippen LogP contribution in [0.4, 0.5) is 8.78 Å². The zero-order chi connectivity index (χ0) is 8.15. The van der Waals surface area contributed by atoms with Crippen molar-refractivity contribution >= 4 is 0 Å². The molecule has 0 aromatic heterocycles. The Hall–Kier alpha value is -0.660. The molecule has 0 aliphatic heterocycles. The lowest BCUT2D eigenvalue weighted by Crippen LogP contribution is -2.03. The summed E-state index contributed by atoms with van der Waals surface area (Å²) in [7, 11) is 0. The van der Waals surface area contributed by atoms with Gasteiger partial charge >= 0.3 is 0 Å². The summed E-state index contributed by atoms with van der Waals surface area (Å²) in [5, 5.41) is 0. The highest BCUT2D eigenvalue weighted by Crippen LogP contribution is 2.17. The highest BCUT2D eigenvalue weighted by molar-refractivity contribution is 4.91. The molecule has 58 valence electrons. The van der Waals surface area contributed by atoms with Gasteiger partial charge in [0.2, 0.25) is 0 Å². The first-order chi connectivity index (χ1) is 4.57. The van der Waals surface area contributed by atoms with Gasteiger partial charge in [0, 0.05) is 5.92 Å². The molecule has 0 aliphatic rings. The second kappa shape index (κ2) is 4.20. The van der Waals surface area contributed by atoms with E-state index in [2.05, 4.69) is 13.2 Å². The second-order valence-corrected chi connectivity index (χ2v) is 2.34. The van der Waals surface area contributed by atoms with Gasteiger partial charge in [0.1, 0.15) is 6.17 Å². The summed E-state index contributed by atoms with van der Waals surface area (Å²) in [4.78, 5) is 0. The van der Waals surface area contributed by atoms with Gasteiger partial charge in [-0.2, -0.15) is 0 Å². The standard InChI is InChI=1S/C8H12F2/c1-4-8(10)5-6(2)7(3)9/h4,6,8H,1,3,5H2,2H3. The minimum Gasteiger partial charge on any atom is -0.243 e. The van der Waals surface area contributed by atoms with E-state index in [4.69, 9.17) is 0 Å². The first-order valence-electron chi connectivity index (χ1n) is 3.18. The summed E-state index contributed by atoms with van der Waals surface area (Å²) >= 11 is 0. The zero-order valence-electron chi connectivity index (χ0n) is 6.11. The van der Waals surface area contributed by atoms with Crippen LogP contribution < -0.4 is 0 Å². The normalized spacial score (nSPS) is 15.9. The van der Waals surface area contributed by atoms with Crippen LogP contribution in [0.1, 0.15) is 13.3 Å². The fraction of sp³-hybridized carbons (Fsp3) is 0.500. The van der Waals surface area contributed by atoms with Crippen molar-refractivity contribution in [1.29, 1.82) is 0 Å². The summed E-state index contributed by atoms with van der Waals surface area (Å²) in [6, 6.07) is 0. The highest BCUT2D eigenvalue weighted by Gasteiger charge is 2.10. The van der Waals surface area contributed by atoms with Crippen LogP contribution in [0.3, 0.4) is 0 Å². The maximum absolute atomic E-state index is 12.4. The molecule has 0 amide bonds. The van der Waals surface area contributed by atoms with Crippen molar-refractivity contribution < 1.29 is 8.78 Å². The molecular weight excluding hydrogens is 134 g/mol. The van der Waals surface area contributed by atoms with Crippen molar-refractivity contribution in [3.05, 3.63) is 25.1 Å². The largest absolute Gasteiger partial charge is 0.243 e. The fourth-order valence-corrected chi connectivity index (χ4v) is 0.562. The minimum atomic E-state index is -1.12. The summed E-state index contributed by atoms with van der Waals surface area (Å²) in [6.07, 6.45) is 0.181. The average molecular weight is 146 g/mol. The molecule has 0 saturated heterocycles. The molecule has 0 spiro atoms. The molecule has 0 bridgehead atoms. The number of hydrogen-bond acceptors (Lipinski definition) is 0. The van der Waals surface area contributed by atoms with Gasteiger partial charge in [0.05, 0.1) is 5.83 Å². The van der Waals surface area contributed by atoms with Crippen LogP contribution in [-0.2, 0) is 0 Å². The molecule has 0 fully saturated rings. The van der Waals surface area contributed by atoms with E-state index in [1.165, 1.54) is 6.08 Å². The Balaban J connectivity index is 3.67. The van der Waals surface area contributed by atoms with Crippen molar-refractivity contribution in [2.45, 2.75) is 19.5 Å². The average Bonchev–Trinajstić information content (AvgIpc) is 1.87. The monoisotopic (exact) mass is 146 g/mol. The lowest BCUT2D eigenvalue weighted by Gasteiger charge is -2.08. The summed E-state index contributed by atoms with van der Waals surface area (Å²) in [5.74, 6) is -0.877. The van der Waals surface area contributed by atoms with E-state index in [1.54, 1.807) is 6.92 Å². The van der Waals surface area contributed by atoms with E-state index in [9.17, 15) is 8.78 Å². The van der Waals surface area contributed by atoms with E-state index in [0.29, 0.717) is 0 Å². The van der Waals surface area contributed by atoms with Gasteiger partial charge in [-0.15, -0.1) is 6.58 Å². The van der Waals surface area contributed by atoms with Crippen LogP contribution in [0.2, 0.25) is 0 Å². The van der Waals surface area contributed by atoms with Crippen LogP contribution in [0.5, 0.6) is 0 Å².